The Balaban J connectivity index is 1.45. The molecule has 2 aromatic rings. The molecule has 33 heavy (non-hydrogen) atoms. The molecule has 1 saturated carbocycles. The van der Waals surface area contributed by atoms with Gasteiger partial charge in [0.1, 0.15) is 23.5 Å². The molecule has 4 rings (SSSR count). The van der Waals surface area contributed by atoms with E-state index in [0.717, 1.165) is 12.8 Å². The van der Waals surface area contributed by atoms with E-state index in [1.165, 1.54) is 7.11 Å². The third-order valence-electron chi connectivity index (χ3n) is 6.21. The van der Waals surface area contributed by atoms with Gasteiger partial charge in [-0.2, -0.15) is 5.26 Å². The first-order valence-electron chi connectivity index (χ1n) is 11.0. The molecule has 2 fully saturated rings. The van der Waals surface area contributed by atoms with E-state index in [1.54, 1.807) is 18.2 Å². The van der Waals surface area contributed by atoms with Gasteiger partial charge in [-0.1, -0.05) is 24.4 Å². The molecule has 0 spiro atoms. The minimum Gasteiger partial charge on any atom is -0.495 e. The van der Waals surface area contributed by atoms with Crippen molar-refractivity contribution < 1.29 is 19.1 Å². The van der Waals surface area contributed by atoms with Crippen LogP contribution >= 0.6 is 11.6 Å². The van der Waals surface area contributed by atoms with Crippen molar-refractivity contribution in [2.45, 2.75) is 44.2 Å². The van der Waals surface area contributed by atoms with Crippen molar-refractivity contribution in [3.05, 3.63) is 28.9 Å². The first-order chi connectivity index (χ1) is 15.9. The van der Waals surface area contributed by atoms with Crippen molar-refractivity contribution in [1.82, 2.24) is 20.9 Å². The number of methoxy groups -OCH3 is 1. The van der Waals surface area contributed by atoms with E-state index in [-0.39, 0.29) is 23.9 Å². The molecule has 1 aromatic carbocycles. The van der Waals surface area contributed by atoms with E-state index < -0.39 is 23.9 Å². The normalized spacial score (nSPS) is 19.4. The van der Waals surface area contributed by atoms with Crippen LogP contribution in [-0.2, 0) is 9.59 Å². The Morgan fingerprint density at radius 3 is 2.70 bits per heavy atom. The topological polar surface area (TPSA) is 136 Å². The molecule has 0 bridgehead atoms. The molecule has 10 heteroatoms. The molecule has 3 amide bonds. The van der Waals surface area contributed by atoms with Crippen molar-refractivity contribution >= 4 is 40.2 Å². The zero-order valence-corrected chi connectivity index (χ0v) is 19.0. The highest BCUT2D eigenvalue weighted by Crippen LogP contribution is 2.34. The standard InChI is InChI=1S/C23H26ClN5O4/c1-33-19-5-4-16-15(20(19)24)10-18(28-16)23(32)29-17(8-12-2-3-12)22(31)27-14(11-25)9-13-6-7-26-21(13)30/h4-5,10,12-14,17,28H,2-3,6-9H2,1H3,(H,26,30)(H,27,31)(H,29,32)/t13?,14-,17-/m0/s1. The molecule has 1 aliphatic heterocycles. The molecule has 2 heterocycles. The summed E-state index contributed by atoms with van der Waals surface area (Å²) in [6.45, 7) is 0.580. The Kier molecular flexibility index (Phi) is 6.75. The maximum atomic E-state index is 13.0. The molecule has 1 aromatic heterocycles. The summed E-state index contributed by atoms with van der Waals surface area (Å²) in [5, 5.41) is 18.8. The van der Waals surface area contributed by atoms with E-state index in [9.17, 15) is 19.6 Å². The summed E-state index contributed by atoms with van der Waals surface area (Å²) < 4.78 is 5.22. The van der Waals surface area contributed by atoms with Gasteiger partial charge in [0.15, 0.2) is 0 Å². The number of hydrogen-bond acceptors (Lipinski definition) is 5. The number of nitriles is 1. The highest BCUT2D eigenvalue weighted by atomic mass is 35.5. The number of amides is 3. The third kappa shape index (κ3) is 5.22. The minimum atomic E-state index is -0.802. The lowest BCUT2D eigenvalue weighted by Gasteiger charge is -2.21. The molecule has 9 nitrogen and oxygen atoms in total. The number of carbonyl (C=O) groups is 3. The zero-order chi connectivity index (χ0) is 23.5. The number of aromatic amines is 1. The average Bonchev–Trinajstić information content (AvgIpc) is 3.36. The maximum absolute atomic E-state index is 13.0. The second-order valence-corrected chi connectivity index (χ2v) is 9.01. The van der Waals surface area contributed by atoms with E-state index in [1.807, 2.05) is 0 Å². The van der Waals surface area contributed by atoms with Gasteiger partial charge in [-0.25, -0.2) is 0 Å². The van der Waals surface area contributed by atoms with Crippen LogP contribution in [0.3, 0.4) is 0 Å². The van der Waals surface area contributed by atoms with Gasteiger partial charge in [-0.05, 0) is 43.4 Å². The second kappa shape index (κ2) is 9.71. The van der Waals surface area contributed by atoms with Crippen molar-refractivity contribution in [2.75, 3.05) is 13.7 Å². The molecule has 4 N–H and O–H groups in total. The fourth-order valence-corrected chi connectivity index (χ4v) is 4.45. The van der Waals surface area contributed by atoms with Crippen LogP contribution in [0.15, 0.2) is 18.2 Å². The van der Waals surface area contributed by atoms with E-state index in [0.29, 0.717) is 47.0 Å². The quantitative estimate of drug-likeness (QED) is 0.444. The summed E-state index contributed by atoms with van der Waals surface area (Å²) in [6, 6.07) is 5.58. The zero-order valence-electron chi connectivity index (χ0n) is 18.2. The Morgan fingerprint density at radius 1 is 1.27 bits per heavy atom. The van der Waals surface area contributed by atoms with Crippen LogP contribution in [0, 0.1) is 23.2 Å². The smallest absolute Gasteiger partial charge is 0.268 e. The fraction of sp³-hybridized carbons (Fsp3) is 0.478. The SMILES string of the molecule is COc1ccc2[nH]c(C(=O)N[C@@H](CC3CC3)C(=O)N[C@H](C#N)CC3CCNC3=O)cc2c1Cl. The van der Waals surface area contributed by atoms with Crippen LogP contribution in [0.5, 0.6) is 5.75 Å². The van der Waals surface area contributed by atoms with Crippen LogP contribution in [-0.4, -0.2) is 48.4 Å². The van der Waals surface area contributed by atoms with Gasteiger partial charge < -0.3 is 25.7 Å². The molecular formula is C23H26ClN5O4. The number of nitrogens with one attached hydrogen (secondary N) is 4. The van der Waals surface area contributed by atoms with Gasteiger partial charge >= 0.3 is 0 Å². The number of carbonyl (C=O) groups excluding carboxylic acids is 3. The predicted molar refractivity (Wildman–Crippen MR) is 122 cm³/mol. The van der Waals surface area contributed by atoms with Crippen LogP contribution in [0.1, 0.15) is 42.6 Å². The van der Waals surface area contributed by atoms with E-state index >= 15 is 0 Å². The Bertz CT molecular complexity index is 1120. The molecule has 0 radical (unpaired) electrons. The highest BCUT2D eigenvalue weighted by molar-refractivity contribution is 6.37. The number of halogens is 1. The Hall–Kier alpha value is -3.25. The van der Waals surface area contributed by atoms with Crippen molar-refractivity contribution in [3.8, 4) is 11.8 Å². The molecule has 1 unspecified atom stereocenters. The largest absolute Gasteiger partial charge is 0.495 e. The van der Waals surface area contributed by atoms with Gasteiger partial charge in [0, 0.05) is 23.4 Å². The maximum Gasteiger partial charge on any atom is 0.268 e. The van der Waals surface area contributed by atoms with Crippen molar-refractivity contribution in [1.29, 1.82) is 5.26 Å². The van der Waals surface area contributed by atoms with Gasteiger partial charge in [0.2, 0.25) is 11.8 Å². The molecule has 1 aliphatic carbocycles. The lowest BCUT2D eigenvalue weighted by atomic mass is 9.98. The number of hydrogen-bond donors (Lipinski definition) is 4. The first-order valence-corrected chi connectivity index (χ1v) is 11.4. The van der Waals surface area contributed by atoms with Gasteiger partial charge in [-0.3, -0.25) is 14.4 Å². The number of nitrogens with zero attached hydrogens (tertiary/aromatic N) is 1. The van der Waals surface area contributed by atoms with E-state index in [4.69, 9.17) is 16.3 Å². The second-order valence-electron chi connectivity index (χ2n) is 8.63. The van der Waals surface area contributed by atoms with Crippen LogP contribution in [0.25, 0.3) is 10.9 Å². The number of aromatic nitrogens is 1. The molecule has 2 aliphatic rings. The predicted octanol–water partition coefficient (Wildman–Crippen LogP) is 2.26. The number of benzene rings is 1. The Labute approximate surface area is 196 Å². The van der Waals surface area contributed by atoms with Crippen molar-refractivity contribution in [2.24, 2.45) is 11.8 Å². The third-order valence-corrected chi connectivity index (χ3v) is 6.60. The Morgan fingerprint density at radius 2 is 2.06 bits per heavy atom. The summed E-state index contributed by atoms with van der Waals surface area (Å²) in [5.41, 5.74) is 0.946. The lowest BCUT2D eigenvalue weighted by Crippen LogP contribution is -2.50. The average molecular weight is 472 g/mol. The minimum absolute atomic E-state index is 0.0959. The van der Waals surface area contributed by atoms with Gasteiger partial charge in [0.25, 0.3) is 5.91 Å². The number of ether oxygens (including phenoxy) is 1. The number of fused-ring (bicyclic) bond motifs is 1. The summed E-state index contributed by atoms with van der Waals surface area (Å²) in [4.78, 5) is 40.8. The van der Waals surface area contributed by atoms with Crippen molar-refractivity contribution in [3.63, 3.8) is 0 Å². The molecule has 174 valence electrons. The van der Waals surface area contributed by atoms with Crippen LogP contribution < -0.4 is 20.7 Å². The summed E-state index contributed by atoms with van der Waals surface area (Å²) in [7, 11) is 1.52. The van der Waals surface area contributed by atoms with Gasteiger partial charge in [0.05, 0.1) is 18.2 Å². The van der Waals surface area contributed by atoms with Gasteiger partial charge in [-0.15, -0.1) is 0 Å². The van der Waals surface area contributed by atoms with Crippen LogP contribution in [0.4, 0.5) is 0 Å². The van der Waals surface area contributed by atoms with E-state index in [2.05, 4.69) is 27.0 Å². The summed E-state index contributed by atoms with van der Waals surface area (Å²) >= 11 is 6.35. The first kappa shape index (κ1) is 22.9. The molecule has 3 atom stereocenters. The summed E-state index contributed by atoms with van der Waals surface area (Å²) in [6.07, 6.45) is 3.40. The monoisotopic (exact) mass is 471 g/mol. The highest BCUT2D eigenvalue weighted by Gasteiger charge is 2.33. The number of rotatable bonds is 9. The number of H-pyrrole nitrogens is 1. The lowest BCUT2D eigenvalue weighted by molar-refractivity contribution is -0.125. The van der Waals surface area contributed by atoms with Crippen LogP contribution in [0.2, 0.25) is 5.02 Å². The fourth-order valence-electron chi connectivity index (χ4n) is 4.15. The molecule has 1 saturated heterocycles. The molecular weight excluding hydrogens is 446 g/mol. The summed E-state index contributed by atoms with van der Waals surface area (Å²) in [5.74, 6) is -0.383.